The van der Waals surface area contributed by atoms with E-state index in [1.807, 2.05) is 11.6 Å². The zero-order valence-corrected chi connectivity index (χ0v) is 14.3. The second kappa shape index (κ2) is 7.34. The highest BCUT2D eigenvalue weighted by Gasteiger charge is 2.14. The summed E-state index contributed by atoms with van der Waals surface area (Å²) >= 11 is 8.20. The highest BCUT2D eigenvalue weighted by molar-refractivity contribution is 7.98. The Morgan fingerprint density at radius 3 is 2.48 bits per heavy atom. The average molecular weight is 324 g/mol. The van der Waals surface area contributed by atoms with Crippen LogP contribution in [0.3, 0.4) is 0 Å². The lowest BCUT2D eigenvalue weighted by atomic mass is 10.1. The van der Waals surface area contributed by atoms with Gasteiger partial charge in [-0.25, -0.2) is 0 Å². The Bertz CT molecular complexity index is 590. The predicted octanol–water partition coefficient (Wildman–Crippen LogP) is 4.43. The van der Waals surface area contributed by atoms with E-state index in [0.717, 1.165) is 40.7 Å². The van der Waals surface area contributed by atoms with Crippen LogP contribution in [-0.2, 0) is 18.7 Å². The number of thioether (sulfide) groups is 1. The average Bonchev–Trinajstić information content (AvgIpc) is 2.81. The summed E-state index contributed by atoms with van der Waals surface area (Å²) in [6, 6.07) is 8.48. The molecule has 0 radical (unpaired) electrons. The molecule has 5 heteroatoms. The smallest absolute Gasteiger partial charge is 0.0858 e. The summed E-state index contributed by atoms with van der Waals surface area (Å²) in [5, 5.41) is 5.37. The van der Waals surface area contributed by atoms with Gasteiger partial charge in [0.2, 0.25) is 0 Å². The highest BCUT2D eigenvalue weighted by atomic mass is 35.5. The monoisotopic (exact) mass is 323 g/mol. The number of rotatable bonds is 6. The van der Waals surface area contributed by atoms with Gasteiger partial charge < -0.3 is 5.73 Å². The maximum Gasteiger partial charge on any atom is 0.0858 e. The summed E-state index contributed by atoms with van der Waals surface area (Å²) in [6.07, 6.45) is 0.868. The van der Waals surface area contributed by atoms with Crippen LogP contribution in [0.5, 0.6) is 0 Å². The SMILES string of the molecule is CCc1nn(CC)c(CSc2ccc(C(C)N)cc2)c1Cl. The van der Waals surface area contributed by atoms with Gasteiger partial charge in [-0.1, -0.05) is 30.7 Å². The molecule has 2 N–H and O–H groups in total. The Hall–Kier alpha value is -0.970. The number of hydrogen-bond acceptors (Lipinski definition) is 3. The van der Waals surface area contributed by atoms with Gasteiger partial charge in [-0.15, -0.1) is 11.8 Å². The molecule has 2 aromatic rings. The van der Waals surface area contributed by atoms with Crippen LogP contribution in [0.15, 0.2) is 29.2 Å². The summed E-state index contributed by atoms with van der Waals surface area (Å²) in [4.78, 5) is 1.22. The van der Waals surface area contributed by atoms with Gasteiger partial charge in [-0.05, 0) is 38.0 Å². The molecule has 0 saturated heterocycles. The first-order valence-electron chi connectivity index (χ1n) is 7.29. The van der Waals surface area contributed by atoms with E-state index in [1.54, 1.807) is 11.8 Å². The van der Waals surface area contributed by atoms with Crippen LogP contribution >= 0.6 is 23.4 Å². The van der Waals surface area contributed by atoms with Crippen LogP contribution in [0.1, 0.15) is 43.8 Å². The number of benzene rings is 1. The third-order valence-corrected chi connectivity index (χ3v) is 4.94. The normalized spacial score (nSPS) is 12.6. The van der Waals surface area contributed by atoms with Crippen LogP contribution in [0.4, 0.5) is 0 Å². The molecule has 0 aliphatic rings. The lowest BCUT2D eigenvalue weighted by molar-refractivity contribution is 0.628. The molecule has 114 valence electrons. The van der Waals surface area contributed by atoms with Gasteiger partial charge in [-0.3, -0.25) is 4.68 Å². The zero-order valence-electron chi connectivity index (χ0n) is 12.8. The van der Waals surface area contributed by atoms with E-state index in [0.29, 0.717) is 0 Å². The molecule has 0 saturated carbocycles. The van der Waals surface area contributed by atoms with Crippen molar-refractivity contribution in [3.63, 3.8) is 0 Å². The van der Waals surface area contributed by atoms with Crippen molar-refractivity contribution in [3.05, 3.63) is 46.2 Å². The number of nitrogens with two attached hydrogens (primary N) is 1. The number of aryl methyl sites for hydroxylation is 2. The molecule has 1 heterocycles. The van der Waals surface area contributed by atoms with Gasteiger partial charge in [0.1, 0.15) is 0 Å². The van der Waals surface area contributed by atoms with Gasteiger partial charge in [0.05, 0.1) is 16.4 Å². The third-order valence-electron chi connectivity index (χ3n) is 3.48. The van der Waals surface area contributed by atoms with Crippen LogP contribution in [0, 0.1) is 0 Å². The van der Waals surface area contributed by atoms with E-state index in [2.05, 4.69) is 43.2 Å². The van der Waals surface area contributed by atoms with Crippen LogP contribution in [0.2, 0.25) is 5.02 Å². The fourth-order valence-corrected chi connectivity index (χ4v) is 3.51. The summed E-state index contributed by atoms with van der Waals surface area (Å²) in [5.41, 5.74) is 9.12. The Kier molecular flexibility index (Phi) is 5.73. The molecule has 2 rings (SSSR count). The molecule has 1 aromatic carbocycles. The van der Waals surface area contributed by atoms with Crippen molar-refractivity contribution >= 4 is 23.4 Å². The lowest BCUT2D eigenvalue weighted by Crippen LogP contribution is -2.04. The minimum atomic E-state index is 0.0760. The van der Waals surface area contributed by atoms with Gasteiger partial charge in [0, 0.05) is 23.2 Å². The molecular formula is C16H22ClN3S. The standard InChI is InChI=1S/C16H22ClN3S/c1-4-14-16(17)15(20(5-2)19-14)10-21-13-8-6-12(7-9-13)11(3)18/h6-9,11H,4-5,10,18H2,1-3H3. The lowest BCUT2D eigenvalue weighted by Gasteiger charge is -2.08. The summed E-state index contributed by atoms with van der Waals surface area (Å²) in [5.74, 6) is 0.831. The molecule has 21 heavy (non-hydrogen) atoms. The molecule has 1 aromatic heterocycles. The van der Waals surface area contributed by atoms with E-state index in [9.17, 15) is 0 Å². The molecular weight excluding hydrogens is 302 g/mol. The Labute approximate surface area is 135 Å². The second-order valence-electron chi connectivity index (χ2n) is 5.02. The van der Waals surface area contributed by atoms with Crippen molar-refractivity contribution < 1.29 is 0 Å². The van der Waals surface area contributed by atoms with Gasteiger partial charge >= 0.3 is 0 Å². The quantitative estimate of drug-likeness (QED) is 0.800. The highest BCUT2D eigenvalue weighted by Crippen LogP contribution is 2.29. The van der Waals surface area contributed by atoms with Gasteiger partial charge in [0.25, 0.3) is 0 Å². The van der Waals surface area contributed by atoms with Crippen molar-refractivity contribution in [2.75, 3.05) is 0 Å². The van der Waals surface area contributed by atoms with E-state index in [-0.39, 0.29) is 6.04 Å². The first-order chi connectivity index (χ1) is 10.1. The Balaban J connectivity index is 2.10. The summed E-state index contributed by atoms with van der Waals surface area (Å²) in [7, 11) is 0. The van der Waals surface area contributed by atoms with E-state index in [4.69, 9.17) is 17.3 Å². The second-order valence-corrected chi connectivity index (χ2v) is 6.45. The number of aromatic nitrogens is 2. The number of hydrogen-bond donors (Lipinski definition) is 1. The Morgan fingerprint density at radius 2 is 1.95 bits per heavy atom. The maximum absolute atomic E-state index is 6.43. The largest absolute Gasteiger partial charge is 0.324 e. The van der Waals surface area contributed by atoms with Crippen molar-refractivity contribution in [1.82, 2.24) is 9.78 Å². The van der Waals surface area contributed by atoms with Crippen LogP contribution in [0.25, 0.3) is 0 Å². The molecule has 0 amide bonds. The van der Waals surface area contributed by atoms with E-state index in [1.165, 1.54) is 4.90 Å². The molecule has 0 bridgehead atoms. The predicted molar refractivity (Wildman–Crippen MR) is 90.9 cm³/mol. The number of halogens is 1. The van der Waals surface area contributed by atoms with Gasteiger partial charge in [-0.2, -0.15) is 5.10 Å². The maximum atomic E-state index is 6.43. The molecule has 1 unspecified atom stereocenters. The molecule has 0 spiro atoms. The minimum Gasteiger partial charge on any atom is -0.324 e. The fourth-order valence-electron chi connectivity index (χ4n) is 2.17. The zero-order chi connectivity index (χ0) is 15.4. The molecule has 3 nitrogen and oxygen atoms in total. The first kappa shape index (κ1) is 16.4. The van der Waals surface area contributed by atoms with Crippen molar-refractivity contribution in [3.8, 4) is 0 Å². The summed E-state index contributed by atoms with van der Waals surface area (Å²) in [6.45, 7) is 7.01. The molecule has 1 atom stereocenters. The first-order valence-corrected chi connectivity index (χ1v) is 8.65. The van der Waals surface area contributed by atoms with Crippen LogP contribution in [-0.4, -0.2) is 9.78 Å². The summed E-state index contributed by atoms with van der Waals surface area (Å²) < 4.78 is 2.00. The van der Waals surface area contributed by atoms with E-state index >= 15 is 0 Å². The van der Waals surface area contributed by atoms with E-state index < -0.39 is 0 Å². The van der Waals surface area contributed by atoms with Crippen molar-refractivity contribution in [2.45, 2.75) is 50.4 Å². The third kappa shape index (κ3) is 3.82. The van der Waals surface area contributed by atoms with Crippen LogP contribution < -0.4 is 5.73 Å². The van der Waals surface area contributed by atoms with Crippen molar-refractivity contribution in [1.29, 1.82) is 0 Å². The topological polar surface area (TPSA) is 43.8 Å². The Morgan fingerprint density at radius 1 is 1.29 bits per heavy atom. The fraction of sp³-hybridized carbons (Fsp3) is 0.438. The molecule has 0 aliphatic carbocycles. The molecule has 0 aliphatic heterocycles. The number of nitrogens with zero attached hydrogens (tertiary/aromatic N) is 2. The minimum absolute atomic E-state index is 0.0760. The van der Waals surface area contributed by atoms with Gasteiger partial charge in [0.15, 0.2) is 0 Å². The van der Waals surface area contributed by atoms with Crippen molar-refractivity contribution in [2.24, 2.45) is 5.73 Å². The molecule has 0 fully saturated rings.